The molecule has 3 amide bonds. The van der Waals surface area contributed by atoms with Crippen molar-refractivity contribution in [1.29, 1.82) is 0 Å². The lowest BCUT2D eigenvalue weighted by molar-refractivity contribution is -0.134. The number of hydrogen-bond acceptors (Lipinski definition) is 8. The lowest BCUT2D eigenvalue weighted by Crippen LogP contribution is -2.46. The second-order valence-corrected chi connectivity index (χ2v) is 8.93. The van der Waals surface area contributed by atoms with Crippen molar-refractivity contribution in [2.45, 2.75) is 45.3 Å². The largest absolute Gasteiger partial charge is 0.477 e. The van der Waals surface area contributed by atoms with Crippen molar-refractivity contribution in [3.8, 4) is 0 Å². The van der Waals surface area contributed by atoms with E-state index in [0.717, 1.165) is 0 Å². The van der Waals surface area contributed by atoms with Gasteiger partial charge in [0, 0.05) is 24.5 Å². The van der Waals surface area contributed by atoms with Crippen LogP contribution in [0, 0.1) is 0 Å². The molecular formula is C20H27N5O6S. The number of carboxylic acid groups (broad SMARTS) is 1. The second-order valence-electron chi connectivity index (χ2n) is 8.09. The van der Waals surface area contributed by atoms with Gasteiger partial charge >= 0.3 is 12.1 Å². The SMILES string of the molecule is C=C(NC(=O)C(=C)NC(=O)c1csc(N2CCC(NC(=O)OC(C)(C)C)CC2)n1)C(=O)O. The van der Waals surface area contributed by atoms with Gasteiger partial charge in [0.25, 0.3) is 11.8 Å². The van der Waals surface area contributed by atoms with Gasteiger partial charge in [-0.05, 0) is 33.6 Å². The molecule has 32 heavy (non-hydrogen) atoms. The Morgan fingerprint density at radius 3 is 2.34 bits per heavy atom. The number of nitrogens with zero attached hydrogens (tertiary/aromatic N) is 2. The first kappa shape index (κ1) is 24.9. The van der Waals surface area contributed by atoms with Gasteiger partial charge in [0.15, 0.2) is 5.13 Å². The van der Waals surface area contributed by atoms with Crippen LogP contribution in [-0.4, -0.2) is 58.7 Å². The lowest BCUT2D eigenvalue weighted by atomic mass is 10.1. The van der Waals surface area contributed by atoms with E-state index in [-0.39, 0.29) is 17.4 Å². The Bertz CT molecular complexity index is 927. The maximum atomic E-state index is 12.3. The lowest BCUT2D eigenvalue weighted by Gasteiger charge is -2.32. The summed E-state index contributed by atoms with van der Waals surface area (Å²) in [5, 5.41) is 18.1. The molecule has 1 aromatic heterocycles. The molecule has 2 rings (SSSR count). The van der Waals surface area contributed by atoms with E-state index in [9.17, 15) is 19.2 Å². The summed E-state index contributed by atoms with van der Waals surface area (Å²) < 4.78 is 5.28. The first-order valence-corrected chi connectivity index (χ1v) is 10.7. The maximum absolute atomic E-state index is 12.3. The average Bonchev–Trinajstić information content (AvgIpc) is 3.17. The number of piperidine rings is 1. The summed E-state index contributed by atoms with van der Waals surface area (Å²) in [4.78, 5) is 53.1. The molecule has 174 valence electrons. The third kappa shape index (κ3) is 7.38. The van der Waals surface area contributed by atoms with Gasteiger partial charge < -0.3 is 30.7 Å². The molecule has 0 bridgehead atoms. The zero-order chi connectivity index (χ0) is 24.1. The van der Waals surface area contributed by atoms with E-state index in [1.165, 1.54) is 11.3 Å². The van der Waals surface area contributed by atoms with Crippen LogP contribution in [0.3, 0.4) is 0 Å². The van der Waals surface area contributed by atoms with Gasteiger partial charge in [-0.1, -0.05) is 13.2 Å². The summed E-state index contributed by atoms with van der Waals surface area (Å²) in [6.45, 7) is 13.3. The molecule has 0 saturated carbocycles. The Kier molecular flexibility index (Phi) is 7.97. The molecule has 1 fully saturated rings. The van der Waals surface area contributed by atoms with Gasteiger partial charge in [0.2, 0.25) is 0 Å². The first-order chi connectivity index (χ1) is 14.9. The fraction of sp³-hybridized carbons (Fsp3) is 0.450. The molecule has 0 aromatic carbocycles. The van der Waals surface area contributed by atoms with Crippen LogP contribution >= 0.6 is 11.3 Å². The summed E-state index contributed by atoms with van der Waals surface area (Å²) in [5.74, 6) is -2.93. The highest BCUT2D eigenvalue weighted by Crippen LogP contribution is 2.24. The zero-order valence-electron chi connectivity index (χ0n) is 18.2. The van der Waals surface area contributed by atoms with Crippen molar-refractivity contribution in [3.05, 3.63) is 35.6 Å². The van der Waals surface area contributed by atoms with Gasteiger partial charge in [0.05, 0.1) is 5.70 Å². The van der Waals surface area contributed by atoms with E-state index in [0.29, 0.717) is 31.1 Å². The summed E-state index contributed by atoms with van der Waals surface area (Å²) in [5.41, 5.74) is -1.32. The average molecular weight is 466 g/mol. The molecule has 0 unspecified atom stereocenters. The highest BCUT2D eigenvalue weighted by atomic mass is 32.1. The van der Waals surface area contributed by atoms with E-state index >= 15 is 0 Å². The highest BCUT2D eigenvalue weighted by molar-refractivity contribution is 7.13. The minimum absolute atomic E-state index is 0.00813. The standard InChI is InChI=1S/C20H27N5O6S/c1-11(15(26)22-12(2)17(28)29)21-16(27)14-10-32-18(24-14)25-8-6-13(7-9-25)23-19(30)31-20(3,4)5/h10,13H,1-2,6-9H2,3-5H3,(H,21,27)(H,22,26)(H,23,30)(H,28,29). The predicted octanol–water partition coefficient (Wildman–Crippen LogP) is 1.59. The van der Waals surface area contributed by atoms with Crippen LogP contribution in [0.2, 0.25) is 0 Å². The number of anilines is 1. The topological polar surface area (TPSA) is 150 Å². The number of carbonyl (C=O) groups excluding carboxylic acids is 3. The Hall–Kier alpha value is -3.41. The molecule has 4 N–H and O–H groups in total. The number of aromatic nitrogens is 1. The van der Waals surface area contributed by atoms with Gasteiger partial charge in [-0.15, -0.1) is 11.3 Å². The molecule has 0 atom stereocenters. The number of carbonyl (C=O) groups is 4. The number of ether oxygens (including phenoxy) is 1. The first-order valence-electron chi connectivity index (χ1n) is 9.79. The molecule has 1 aromatic rings. The van der Waals surface area contributed by atoms with Crippen molar-refractivity contribution in [1.82, 2.24) is 20.9 Å². The van der Waals surface area contributed by atoms with Crippen molar-refractivity contribution >= 4 is 40.3 Å². The molecule has 0 aliphatic carbocycles. The van der Waals surface area contributed by atoms with E-state index in [1.54, 1.807) is 26.2 Å². The van der Waals surface area contributed by atoms with Gasteiger partial charge in [-0.25, -0.2) is 14.6 Å². The quantitative estimate of drug-likeness (QED) is 0.444. The van der Waals surface area contributed by atoms with Crippen LogP contribution < -0.4 is 20.9 Å². The van der Waals surface area contributed by atoms with E-state index in [4.69, 9.17) is 9.84 Å². The molecule has 1 aliphatic rings. The van der Waals surface area contributed by atoms with E-state index in [1.807, 2.05) is 10.2 Å². The molecule has 2 heterocycles. The molecular weight excluding hydrogens is 438 g/mol. The number of aliphatic carboxylic acids is 1. The number of hydrogen-bond donors (Lipinski definition) is 4. The number of rotatable bonds is 7. The van der Waals surface area contributed by atoms with E-state index in [2.05, 4.69) is 28.8 Å². The molecule has 12 heteroatoms. The summed E-state index contributed by atoms with van der Waals surface area (Å²) in [7, 11) is 0. The molecule has 1 aliphatic heterocycles. The fourth-order valence-electron chi connectivity index (χ4n) is 2.73. The van der Waals surface area contributed by atoms with Crippen LogP contribution in [0.4, 0.5) is 9.93 Å². The van der Waals surface area contributed by atoms with Crippen LogP contribution in [0.15, 0.2) is 29.9 Å². The number of amides is 3. The number of nitrogens with one attached hydrogen (secondary N) is 3. The summed E-state index contributed by atoms with van der Waals surface area (Å²) in [6.07, 6.45) is 0.954. The molecule has 0 radical (unpaired) electrons. The van der Waals surface area contributed by atoms with Gasteiger partial charge in [-0.3, -0.25) is 9.59 Å². The van der Waals surface area contributed by atoms with Crippen molar-refractivity contribution < 1.29 is 29.0 Å². The third-order valence-corrected chi connectivity index (χ3v) is 5.17. The van der Waals surface area contributed by atoms with Gasteiger partial charge in [-0.2, -0.15) is 0 Å². The van der Waals surface area contributed by atoms with Crippen molar-refractivity contribution in [3.63, 3.8) is 0 Å². The Morgan fingerprint density at radius 2 is 1.78 bits per heavy atom. The van der Waals surface area contributed by atoms with Crippen LogP contribution in [0.5, 0.6) is 0 Å². The minimum Gasteiger partial charge on any atom is -0.477 e. The molecule has 0 spiro atoms. The Morgan fingerprint density at radius 1 is 1.16 bits per heavy atom. The number of alkyl carbamates (subject to hydrolysis) is 1. The van der Waals surface area contributed by atoms with Crippen LogP contribution in [-0.2, 0) is 14.3 Å². The second kappa shape index (κ2) is 10.3. The monoisotopic (exact) mass is 465 g/mol. The number of thiazole rings is 1. The fourth-order valence-corrected chi connectivity index (χ4v) is 3.59. The summed E-state index contributed by atoms with van der Waals surface area (Å²) >= 11 is 1.28. The zero-order valence-corrected chi connectivity index (χ0v) is 19.0. The Balaban J connectivity index is 1.85. The number of carboxylic acids is 1. The Labute approximate surface area is 189 Å². The molecule has 11 nitrogen and oxygen atoms in total. The third-order valence-electron chi connectivity index (χ3n) is 4.27. The van der Waals surface area contributed by atoms with E-state index < -0.39 is 35.2 Å². The van der Waals surface area contributed by atoms with Crippen LogP contribution in [0.1, 0.15) is 44.1 Å². The van der Waals surface area contributed by atoms with Crippen molar-refractivity contribution in [2.24, 2.45) is 0 Å². The highest BCUT2D eigenvalue weighted by Gasteiger charge is 2.25. The normalized spacial score (nSPS) is 14.3. The predicted molar refractivity (Wildman–Crippen MR) is 118 cm³/mol. The minimum atomic E-state index is -1.40. The summed E-state index contributed by atoms with van der Waals surface area (Å²) in [6, 6.07) is -0.00813. The smallest absolute Gasteiger partial charge is 0.407 e. The maximum Gasteiger partial charge on any atom is 0.407 e. The van der Waals surface area contributed by atoms with Gasteiger partial charge in [0.1, 0.15) is 17.0 Å². The molecule has 1 saturated heterocycles. The van der Waals surface area contributed by atoms with Crippen molar-refractivity contribution in [2.75, 3.05) is 18.0 Å². The van der Waals surface area contributed by atoms with Crippen LogP contribution in [0.25, 0.3) is 0 Å².